The van der Waals surface area contributed by atoms with Crippen LogP contribution in [-0.2, 0) is 4.79 Å². The van der Waals surface area contributed by atoms with E-state index in [1.54, 1.807) is 24.3 Å². The van der Waals surface area contributed by atoms with Gasteiger partial charge in [0.05, 0.1) is 5.02 Å². The Kier molecular flexibility index (Phi) is 6.53. The van der Waals surface area contributed by atoms with Crippen molar-refractivity contribution in [2.45, 2.75) is 0 Å². The maximum Gasteiger partial charge on any atom is 0.276 e. The quantitative estimate of drug-likeness (QED) is 0.603. The lowest BCUT2D eigenvalue weighted by atomic mass is 10.0. The van der Waals surface area contributed by atoms with Crippen LogP contribution in [0.1, 0.15) is 10.4 Å². The van der Waals surface area contributed by atoms with E-state index in [1.807, 2.05) is 42.5 Å². The SMILES string of the molecule is O=C(COc1ccc(Cl)cc1Cl)NNC(=O)c1ccc(-c2ccccc2)cc1. The largest absolute Gasteiger partial charge is 0.482 e. The zero-order valence-corrected chi connectivity index (χ0v) is 16.1. The van der Waals surface area contributed by atoms with Crippen LogP contribution in [0.3, 0.4) is 0 Å². The molecule has 2 N–H and O–H groups in total. The van der Waals surface area contributed by atoms with Gasteiger partial charge in [0.2, 0.25) is 0 Å². The van der Waals surface area contributed by atoms with Gasteiger partial charge in [0, 0.05) is 10.6 Å². The summed E-state index contributed by atoms with van der Waals surface area (Å²) in [5.74, 6) is -0.637. The number of benzene rings is 3. The Balaban J connectivity index is 1.50. The molecule has 0 radical (unpaired) electrons. The molecule has 0 aliphatic rings. The summed E-state index contributed by atoms with van der Waals surface area (Å²) in [6.45, 7) is -0.311. The van der Waals surface area contributed by atoms with E-state index in [2.05, 4.69) is 10.9 Å². The summed E-state index contributed by atoms with van der Waals surface area (Å²) in [7, 11) is 0. The van der Waals surface area contributed by atoms with E-state index in [0.717, 1.165) is 11.1 Å². The highest BCUT2D eigenvalue weighted by Gasteiger charge is 2.10. The van der Waals surface area contributed by atoms with Crippen molar-refractivity contribution in [3.63, 3.8) is 0 Å². The van der Waals surface area contributed by atoms with Crippen LogP contribution in [0.4, 0.5) is 0 Å². The van der Waals surface area contributed by atoms with E-state index in [1.165, 1.54) is 6.07 Å². The molecular formula is C21H16Cl2N2O3. The standard InChI is InChI=1S/C21H16Cl2N2O3/c22-17-10-11-19(18(23)12-17)28-13-20(26)24-25-21(27)16-8-6-15(7-9-16)14-4-2-1-3-5-14/h1-12H,13H2,(H,24,26)(H,25,27). The highest BCUT2D eigenvalue weighted by molar-refractivity contribution is 6.35. The predicted octanol–water partition coefficient (Wildman–Crippen LogP) is 4.50. The van der Waals surface area contributed by atoms with Crippen molar-refractivity contribution >= 4 is 35.0 Å². The molecule has 7 heteroatoms. The summed E-state index contributed by atoms with van der Waals surface area (Å²) in [6, 6.07) is 21.6. The van der Waals surface area contributed by atoms with Gasteiger partial charge in [-0.05, 0) is 41.5 Å². The molecule has 0 aromatic heterocycles. The van der Waals surface area contributed by atoms with E-state index in [4.69, 9.17) is 27.9 Å². The first-order chi connectivity index (χ1) is 13.5. The maximum atomic E-state index is 12.2. The van der Waals surface area contributed by atoms with Crippen LogP contribution in [0, 0.1) is 0 Å². The molecule has 0 unspecified atom stereocenters. The number of halogens is 2. The average Bonchev–Trinajstić information content (AvgIpc) is 2.72. The Bertz CT molecular complexity index is 977. The smallest absolute Gasteiger partial charge is 0.276 e. The summed E-state index contributed by atoms with van der Waals surface area (Å²) in [4.78, 5) is 24.0. The first-order valence-electron chi connectivity index (χ1n) is 8.35. The van der Waals surface area contributed by atoms with Crippen LogP contribution >= 0.6 is 23.2 Å². The van der Waals surface area contributed by atoms with Gasteiger partial charge < -0.3 is 4.74 Å². The third kappa shape index (κ3) is 5.25. The first kappa shape index (κ1) is 19.7. The number of carbonyl (C=O) groups is 2. The summed E-state index contributed by atoms with van der Waals surface area (Å²) < 4.78 is 5.30. The summed E-state index contributed by atoms with van der Waals surface area (Å²) in [5.41, 5.74) is 7.11. The molecule has 0 atom stereocenters. The molecule has 3 aromatic rings. The van der Waals surface area contributed by atoms with Gasteiger partial charge in [0.1, 0.15) is 5.75 Å². The molecule has 3 rings (SSSR count). The molecule has 142 valence electrons. The molecule has 0 saturated carbocycles. The molecule has 0 aliphatic carbocycles. The van der Waals surface area contributed by atoms with Crippen molar-refractivity contribution in [3.05, 3.63) is 88.4 Å². The van der Waals surface area contributed by atoms with Crippen LogP contribution in [0.5, 0.6) is 5.75 Å². The lowest BCUT2D eigenvalue weighted by Crippen LogP contribution is -2.43. The average molecular weight is 415 g/mol. The third-order valence-electron chi connectivity index (χ3n) is 3.82. The summed E-state index contributed by atoms with van der Waals surface area (Å²) in [6.07, 6.45) is 0. The maximum absolute atomic E-state index is 12.2. The minimum atomic E-state index is -0.528. The highest BCUT2D eigenvalue weighted by Crippen LogP contribution is 2.27. The van der Waals surface area contributed by atoms with Crippen LogP contribution in [-0.4, -0.2) is 18.4 Å². The fourth-order valence-corrected chi connectivity index (χ4v) is 2.88. The Morgan fingerprint density at radius 3 is 2.18 bits per heavy atom. The van der Waals surface area contributed by atoms with Gasteiger partial charge in [-0.3, -0.25) is 20.4 Å². The minimum Gasteiger partial charge on any atom is -0.482 e. The molecule has 5 nitrogen and oxygen atoms in total. The number of hydrogen-bond acceptors (Lipinski definition) is 3. The third-order valence-corrected chi connectivity index (χ3v) is 4.35. The van der Waals surface area contributed by atoms with E-state index < -0.39 is 11.8 Å². The molecule has 3 aromatic carbocycles. The van der Waals surface area contributed by atoms with Gasteiger partial charge in [-0.25, -0.2) is 0 Å². The normalized spacial score (nSPS) is 10.2. The van der Waals surface area contributed by atoms with Crippen molar-refractivity contribution in [2.24, 2.45) is 0 Å². The van der Waals surface area contributed by atoms with Gasteiger partial charge in [-0.1, -0.05) is 65.7 Å². The van der Waals surface area contributed by atoms with E-state index >= 15 is 0 Å². The number of hydrogen-bond donors (Lipinski definition) is 2. The first-order valence-corrected chi connectivity index (χ1v) is 9.11. The Morgan fingerprint density at radius 2 is 1.50 bits per heavy atom. The van der Waals surface area contributed by atoms with Gasteiger partial charge in [0.25, 0.3) is 11.8 Å². The zero-order chi connectivity index (χ0) is 19.9. The van der Waals surface area contributed by atoms with E-state index in [0.29, 0.717) is 21.4 Å². The number of rotatable bonds is 5. The molecule has 0 heterocycles. The molecule has 0 bridgehead atoms. The second-order valence-corrected chi connectivity index (χ2v) is 6.65. The number of nitrogens with one attached hydrogen (secondary N) is 2. The summed E-state index contributed by atoms with van der Waals surface area (Å²) >= 11 is 11.8. The van der Waals surface area contributed by atoms with Gasteiger partial charge in [0.15, 0.2) is 6.61 Å². The van der Waals surface area contributed by atoms with Crippen LogP contribution in [0.25, 0.3) is 11.1 Å². The number of ether oxygens (including phenoxy) is 1. The van der Waals surface area contributed by atoms with Gasteiger partial charge in [-0.2, -0.15) is 0 Å². The monoisotopic (exact) mass is 414 g/mol. The van der Waals surface area contributed by atoms with Crippen molar-refractivity contribution < 1.29 is 14.3 Å². The van der Waals surface area contributed by atoms with Gasteiger partial charge >= 0.3 is 0 Å². The van der Waals surface area contributed by atoms with Gasteiger partial charge in [-0.15, -0.1) is 0 Å². The molecule has 0 spiro atoms. The zero-order valence-electron chi connectivity index (χ0n) is 14.6. The molecule has 0 aliphatic heterocycles. The molecule has 0 fully saturated rings. The topological polar surface area (TPSA) is 67.4 Å². The van der Waals surface area contributed by atoms with Crippen molar-refractivity contribution in [3.8, 4) is 16.9 Å². The van der Waals surface area contributed by atoms with E-state index in [-0.39, 0.29) is 6.61 Å². The number of hydrazine groups is 1. The Hall–Kier alpha value is -3.02. The molecule has 0 saturated heterocycles. The van der Waals surface area contributed by atoms with Crippen LogP contribution in [0.15, 0.2) is 72.8 Å². The van der Waals surface area contributed by atoms with Crippen LogP contribution in [0.2, 0.25) is 10.0 Å². The number of carbonyl (C=O) groups excluding carboxylic acids is 2. The fraction of sp³-hybridized carbons (Fsp3) is 0.0476. The lowest BCUT2D eigenvalue weighted by molar-refractivity contribution is -0.123. The Labute approximate surface area is 172 Å². The Morgan fingerprint density at radius 1 is 0.821 bits per heavy atom. The highest BCUT2D eigenvalue weighted by atomic mass is 35.5. The van der Waals surface area contributed by atoms with Crippen molar-refractivity contribution in [2.75, 3.05) is 6.61 Å². The second-order valence-electron chi connectivity index (χ2n) is 5.81. The number of amides is 2. The van der Waals surface area contributed by atoms with Crippen LogP contribution < -0.4 is 15.6 Å². The lowest BCUT2D eigenvalue weighted by Gasteiger charge is -2.10. The minimum absolute atomic E-state index is 0.294. The molecule has 28 heavy (non-hydrogen) atoms. The van der Waals surface area contributed by atoms with Crippen molar-refractivity contribution in [1.29, 1.82) is 0 Å². The second kappa shape index (κ2) is 9.26. The summed E-state index contributed by atoms with van der Waals surface area (Å²) in [5, 5.41) is 0.759. The molecular weight excluding hydrogens is 399 g/mol. The predicted molar refractivity (Wildman–Crippen MR) is 109 cm³/mol. The van der Waals surface area contributed by atoms with E-state index in [9.17, 15) is 9.59 Å². The molecule has 2 amide bonds. The van der Waals surface area contributed by atoms with Crippen molar-refractivity contribution in [1.82, 2.24) is 10.9 Å². The fourth-order valence-electron chi connectivity index (χ4n) is 2.41.